The fourth-order valence-corrected chi connectivity index (χ4v) is 4.18. The Kier molecular flexibility index (Phi) is 5.79. The molecule has 1 atom stereocenters. The summed E-state index contributed by atoms with van der Waals surface area (Å²) in [5.41, 5.74) is 4.08. The van der Waals surface area contributed by atoms with Crippen molar-refractivity contribution in [2.45, 2.75) is 32.6 Å². The van der Waals surface area contributed by atoms with Gasteiger partial charge in [-0.2, -0.15) is 4.98 Å². The summed E-state index contributed by atoms with van der Waals surface area (Å²) < 4.78 is 29.7. The molecule has 3 aliphatic rings. The Balaban J connectivity index is 1.30. The first kappa shape index (κ1) is 20.6. The monoisotopic (exact) mass is 428 g/mol. The molecule has 2 fully saturated rings. The van der Waals surface area contributed by atoms with Crippen LogP contribution in [0.1, 0.15) is 18.1 Å². The van der Waals surface area contributed by atoms with Crippen molar-refractivity contribution in [2.24, 2.45) is 5.41 Å². The van der Waals surface area contributed by atoms with E-state index in [-0.39, 0.29) is 17.2 Å². The van der Waals surface area contributed by atoms with Crippen LogP contribution in [0.3, 0.4) is 0 Å². The summed E-state index contributed by atoms with van der Waals surface area (Å²) in [5.74, 6) is 0.321. The van der Waals surface area contributed by atoms with Crippen molar-refractivity contribution in [2.75, 3.05) is 46.2 Å². The summed E-state index contributed by atoms with van der Waals surface area (Å²) >= 11 is 0. The summed E-state index contributed by atoms with van der Waals surface area (Å²) in [5, 5.41) is 0. The molecule has 0 saturated carbocycles. The maximum atomic E-state index is 12.6. The van der Waals surface area contributed by atoms with Gasteiger partial charge >= 0.3 is 5.69 Å². The van der Waals surface area contributed by atoms with Gasteiger partial charge in [0.2, 0.25) is 5.88 Å². The summed E-state index contributed by atoms with van der Waals surface area (Å²) in [6.45, 7) is 7.54. The van der Waals surface area contributed by atoms with E-state index in [1.165, 1.54) is 5.56 Å². The van der Waals surface area contributed by atoms with Crippen LogP contribution in [0.4, 0.5) is 0 Å². The van der Waals surface area contributed by atoms with Gasteiger partial charge in [-0.25, -0.2) is 4.79 Å². The summed E-state index contributed by atoms with van der Waals surface area (Å²) in [4.78, 5) is 16.7. The lowest BCUT2D eigenvalue weighted by atomic mass is 9.90. The maximum absolute atomic E-state index is 12.6. The number of hydrogen-bond acceptors (Lipinski definition) is 7. The molecule has 3 aliphatic heterocycles. The minimum atomic E-state index is -0.290. The predicted molar refractivity (Wildman–Crippen MR) is 112 cm³/mol. The van der Waals surface area contributed by atoms with Crippen LogP contribution in [0.25, 0.3) is 11.3 Å². The van der Waals surface area contributed by atoms with Crippen LogP contribution < -0.4 is 10.4 Å². The largest absolute Gasteiger partial charge is 0.475 e. The number of hydrogen-bond donors (Lipinski definition) is 0. The van der Waals surface area contributed by atoms with Gasteiger partial charge in [-0.1, -0.05) is 25.1 Å². The van der Waals surface area contributed by atoms with Gasteiger partial charge in [0.15, 0.2) is 0 Å². The lowest BCUT2D eigenvalue weighted by Crippen LogP contribution is -2.43. The first-order valence-electron chi connectivity index (χ1n) is 10.8. The summed E-state index contributed by atoms with van der Waals surface area (Å²) in [6.07, 6.45) is 0.648. The molecule has 2 aromatic rings. The highest BCUT2D eigenvalue weighted by atomic mass is 16.6. The van der Waals surface area contributed by atoms with E-state index in [0.717, 1.165) is 36.5 Å². The lowest BCUT2D eigenvalue weighted by Gasteiger charge is -2.37. The molecule has 0 unspecified atom stereocenters. The number of fused-ring (bicyclic) bond motifs is 3. The Bertz CT molecular complexity index is 994. The van der Waals surface area contributed by atoms with Gasteiger partial charge in [0.1, 0.15) is 12.7 Å². The molecule has 8 heteroatoms. The average Bonchev–Trinajstić information content (AvgIpc) is 2.77. The van der Waals surface area contributed by atoms with E-state index in [9.17, 15) is 4.79 Å². The van der Waals surface area contributed by atoms with E-state index >= 15 is 0 Å². The molecular formula is C23H28N2O6. The molecule has 2 saturated heterocycles. The number of rotatable bonds is 7. The molecule has 166 valence electrons. The second-order valence-electron chi connectivity index (χ2n) is 8.83. The van der Waals surface area contributed by atoms with E-state index in [4.69, 9.17) is 23.7 Å². The van der Waals surface area contributed by atoms with Gasteiger partial charge in [-0.05, 0) is 17.5 Å². The van der Waals surface area contributed by atoms with Gasteiger partial charge < -0.3 is 23.7 Å². The molecule has 31 heavy (non-hydrogen) atoms. The Labute approximate surface area is 181 Å². The molecule has 0 spiro atoms. The second kappa shape index (κ2) is 8.70. The average molecular weight is 428 g/mol. The topological polar surface area (TPSA) is 81.0 Å². The van der Waals surface area contributed by atoms with Gasteiger partial charge in [-0.15, -0.1) is 0 Å². The minimum Gasteiger partial charge on any atom is -0.475 e. The molecule has 0 amide bonds. The molecule has 5 rings (SSSR count). The molecular weight excluding hydrogens is 400 g/mol. The van der Waals surface area contributed by atoms with Crippen molar-refractivity contribution in [3.8, 4) is 17.1 Å². The number of benzene rings is 1. The molecule has 0 aliphatic carbocycles. The third-order valence-electron chi connectivity index (χ3n) is 5.96. The zero-order chi connectivity index (χ0) is 21.3. The van der Waals surface area contributed by atoms with E-state index in [1.807, 2.05) is 6.07 Å². The first-order valence-corrected chi connectivity index (χ1v) is 10.8. The third-order valence-corrected chi connectivity index (χ3v) is 5.96. The van der Waals surface area contributed by atoms with Crippen molar-refractivity contribution in [3.05, 3.63) is 45.9 Å². The third kappa shape index (κ3) is 4.52. The Morgan fingerprint density at radius 2 is 2.13 bits per heavy atom. The number of ether oxygens (including phenoxy) is 5. The highest BCUT2D eigenvalue weighted by Gasteiger charge is 2.33. The van der Waals surface area contributed by atoms with Crippen LogP contribution in [0, 0.1) is 5.41 Å². The van der Waals surface area contributed by atoms with Gasteiger partial charge in [0.25, 0.3) is 0 Å². The van der Waals surface area contributed by atoms with E-state index < -0.39 is 0 Å². The SMILES string of the molecule is CC1(COCc2ccc3c(c2)CCn2c-3cc(OC[C@@H]3COCCO3)nc2=O)COC1. The van der Waals surface area contributed by atoms with Crippen molar-refractivity contribution in [1.82, 2.24) is 9.55 Å². The van der Waals surface area contributed by atoms with Crippen LogP contribution in [-0.4, -0.2) is 61.9 Å². The van der Waals surface area contributed by atoms with E-state index in [2.05, 4.69) is 30.1 Å². The molecule has 8 nitrogen and oxygen atoms in total. The normalized spacial score (nSPS) is 21.6. The summed E-state index contributed by atoms with van der Waals surface area (Å²) in [6, 6.07) is 8.15. The fraction of sp³-hybridized carbons (Fsp3) is 0.565. The maximum Gasteiger partial charge on any atom is 0.351 e. The van der Waals surface area contributed by atoms with Gasteiger partial charge in [-0.3, -0.25) is 4.57 Å². The Morgan fingerprint density at radius 1 is 1.23 bits per heavy atom. The van der Waals surface area contributed by atoms with Gasteiger partial charge in [0.05, 0.1) is 51.9 Å². The zero-order valence-electron chi connectivity index (χ0n) is 17.8. The standard InChI is InChI=1S/C23H28N2O6/c1-23(14-29-15-23)13-28-10-16-2-3-19-17(8-16)4-5-25-20(19)9-21(24-22(25)26)31-12-18-11-27-6-7-30-18/h2-3,8-9,18H,4-7,10-15H2,1H3/t18-/m0/s1. The van der Waals surface area contributed by atoms with Crippen molar-refractivity contribution in [1.29, 1.82) is 0 Å². The van der Waals surface area contributed by atoms with Crippen LogP contribution in [0.5, 0.6) is 5.88 Å². The molecule has 1 aromatic carbocycles. The van der Waals surface area contributed by atoms with Crippen LogP contribution >= 0.6 is 0 Å². The quantitative estimate of drug-likeness (QED) is 0.665. The Morgan fingerprint density at radius 3 is 2.90 bits per heavy atom. The van der Waals surface area contributed by atoms with Crippen LogP contribution in [0.2, 0.25) is 0 Å². The molecule has 0 radical (unpaired) electrons. The van der Waals surface area contributed by atoms with Gasteiger partial charge in [0, 0.05) is 23.6 Å². The highest BCUT2D eigenvalue weighted by molar-refractivity contribution is 5.67. The van der Waals surface area contributed by atoms with E-state index in [0.29, 0.717) is 52.1 Å². The zero-order valence-corrected chi connectivity index (χ0v) is 17.8. The molecule has 4 heterocycles. The highest BCUT2D eigenvalue weighted by Crippen LogP contribution is 2.31. The first-order chi connectivity index (χ1) is 15.1. The number of aryl methyl sites for hydroxylation is 1. The van der Waals surface area contributed by atoms with Crippen molar-refractivity contribution < 1.29 is 23.7 Å². The van der Waals surface area contributed by atoms with Crippen molar-refractivity contribution >= 4 is 0 Å². The molecule has 1 aromatic heterocycles. The lowest BCUT2D eigenvalue weighted by molar-refractivity contribution is -0.140. The molecule has 0 bridgehead atoms. The van der Waals surface area contributed by atoms with Crippen LogP contribution in [0.15, 0.2) is 29.1 Å². The Hall–Kier alpha value is -2.26. The number of aromatic nitrogens is 2. The smallest absolute Gasteiger partial charge is 0.351 e. The number of nitrogens with zero attached hydrogens (tertiary/aromatic N) is 2. The molecule has 0 N–H and O–H groups in total. The summed E-state index contributed by atoms with van der Waals surface area (Å²) in [7, 11) is 0. The van der Waals surface area contributed by atoms with E-state index in [1.54, 1.807) is 4.57 Å². The predicted octanol–water partition coefficient (Wildman–Crippen LogP) is 1.81. The fourth-order valence-electron chi connectivity index (χ4n) is 4.18. The minimum absolute atomic E-state index is 0.141. The van der Waals surface area contributed by atoms with Crippen LogP contribution in [-0.2, 0) is 38.5 Å². The second-order valence-corrected chi connectivity index (χ2v) is 8.83. The van der Waals surface area contributed by atoms with Crippen molar-refractivity contribution in [3.63, 3.8) is 0 Å².